The predicted octanol–water partition coefficient (Wildman–Crippen LogP) is 1.67. The summed E-state index contributed by atoms with van der Waals surface area (Å²) in [5, 5.41) is 11.8. The van der Waals surface area contributed by atoms with Crippen LogP contribution in [0.2, 0.25) is 0 Å². The Morgan fingerprint density at radius 1 is 1.65 bits per heavy atom. The van der Waals surface area contributed by atoms with Gasteiger partial charge in [0.1, 0.15) is 6.04 Å². The smallest absolute Gasteiger partial charge is 0.238 e. The summed E-state index contributed by atoms with van der Waals surface area (Å²) in [7, 11) is 0. The van der Waals surface area contributed by atoms with Gasteiger partial charge in [-0.15, -0.1) is 0 Å². The Balaban J connectivity index is 3.07. The second-order valence-electron chi connectivity index (χ2n) is 5.40. The number of nitrogens with zero attached hydrogens (tertiary/aromatic N) is 2. The number of carbonyl (C=O) groups excluding carboxylic acids is 1. The number of hydrogen-bond donors (Lipinski definition) is 1. The van der Waals surface area contributed by atoms with E-state index in [1.807, 2.05) is 0 Å². The zero-order chi connectivity index (χ0) is 13.1. The summed E-state index contributed by atoms with van der Waals surface area (Å²) in [6.45, 7) is 9.26. The average Bonchev–Trinajstić information content (AvgIpc) is 2.36. The van der Waals surface area contributed by atoms with E-state index in [-0.39, 0.29) is 23.9 Å². The minimum atomic E-state index is -0.313. The summed E-state index contributed by atoms with van der Waals surface area (Å²) in [5.41, 5.74) is -0.0455. The molecule has 1 N–H and O–H groups in total. The van der Waals surface area contributed by atoms with Gasteiger partial charge in [0.25, 0.3) is 0 Å². The largest absolute Gasteiger partial charge is 0.355 e. The average molecular weight is 237 g/mol. The standard InChI is InChI=1S/C13H23N3O/c1-5-10(2)16-11(6-8-14)12(17)15-9-7-13(16,3)4/h10-11H,5-7,9H2,1-4H3,(H,15,17). The number of nitriles is 1. The van der Waals surface area contributed by atoms with Crippen molar-refractivity contribution in [2.24, 2.45) is 0 Å². The first kappa shape index (κ1) is 14.0. The Morgan fingerprint density at radius 3 is 2.82 bits per heavy atom. The molecular formula is C13H23N3O. The van der Waals surface area contributed by atoms with E-state index >= 15 is 0 Å². The van der Waals surface area contributed by atoms with E-state index in [2.05, 4.69) is 44.0 Å². The fourth-order valence-electron chi connectivity index (χ4n) is 2.66. The fraction of sp³-hybridized carbons (Fsp3) is 0.846. The quantitative estimate of drug-likeness (QED) is 0.812. The predicted molar refractivity (Wildman–Crippen MR) is 67.3 cm³/mol. The minimum Gasteiger partial charge on any atom is -0.355 e. The van der Waals surface area contributed by atoms with Gasteiger partial charge in [-0.2, -0.15) is 5.26 Å². The SMILES string of the molecule is CCC(C)N1C(CC#N)C(=O)NCCC1(C)C. The molecule has 0 saturated carbocycles. The summed E-state index contributed by atoms with van der Waals surface area (Å²) in [6.07, 6.45) is 2.17. The molecule has 4 nitrogen and oxygen atoms in total. The zero-order valence-corrected chi connectivity index (χ0v) is 11.3. The summed E-state index contributed by atoms with van der Waals surface area (Å²) >= 11 is 0. The van der Waals surface area contributed by atoms with Crippen LogP contribution in [0.3, 0.4) is 0 Å². The highest BCUT2D eigenvalue weighted by Gasteiger charge is 2.40. The molecular weight excluding hydrogens is 214 g/mol. The molecule has 2 unspecified atom stereocenters. The van der Waals surface area contributed by atoms with Crippen molar-refractivity contribution >= 4 is 5.91 Å². The monoisotopic (exact) mass is 237 g/mol. The van der Waals surface area contributed by atoms with Crippen molar-refractivity contribution in [2.45, 2.75) is 64.6 Å². The molecule has 0 aromatic carbocycles. The Morgan fingerprint density at radius 2 is 2.29 bits per heavy atom. The highest BCUT2D eigenvalue weighted by atomic mass is 16.2. The molecule has 17 heavy (non-hydrogen) atoms. The second kappa shape index (κ2) is 5.50. The second-order valence-corrected chi connectivity index (χ2v) is 5.40. The van der Waals surface area contributed by atoms with Crippen LogP contribution in [-0.4, -0.2) is 35.0 Å². The van der Waals surface area contributed by atoms with E-state index in [1.165, 1.54) is 0 Å². The van der Waals surface area contributed by atoms with Crippen LogP contribution >= 0.6 is 0 Å². The van der Waals surface area contributed by atoms with Crippen LogP contribution in [0.4, 0.5) is 0 Å². The normalized spacial score (nSPS) is 26.8. The van der Waals surface area contributed by atoms with Crippen molar-refractivity contribution in [1.29, 1.82) is 5.26 Å². The molecule has 1 amide bonds. The lowest BCUT2D eigenvalue weighted by atomic mass is 9.93. The summed E-state index contributed by atoms with van der Waals surface area (Å²) in [6, 6.07) is 2.14. The molecule has 0 aromatic rings. The van der Waals surface area contributed by atoms with Crippen LogP contribution in [0, 0.1) is 11.3 Å². The molecule has 96 valence electrons. The van der Waals surface area contributed by atoms with Crippen LogP contribution in [-0.2, 0) is 4.79 Å². The third kappa shape index (κ3) is 2.98. The minimum absolute atomic E-state index is 0.00238. The highest BCUT2D eigenvalue weighted by molar-refractivity contribution is 5.82. The number of amides is 1. The van der Waals surface area contributed by atoms with Crippen LogP contribution < -0.4 is 5.32 Å². The summed E-state index contributed by atoms with van der Waals surface area (Å²) in [5.74, 6) is -0.00238. The summed E-state index contributed by atoms with van der Waals surface area (Å²) in [4.78, 5) is 14.2. The van der Waals surface area contributed by atoms with Gasteiger partial charge in [-0.1, -0.05) is 6.92 Å². The highest BCUT2D eigenvalue weighted by Crippen LogP contribution is 2.28. The summed E-state index contributed by atoms with van der Waals surface area (Å²) < 4.78 is 0. The molecule has 1 aliphatic heterocycles. The Kier molecular flexibility index (Phi) is 4.53. The van der Waals surface area contributed by atoms with Crippen LogP contribution in [0.5, 0.6) is 0 Å². The van der Waals surface area contributed by atoms with Gasteiger partial charge in [0.2, 0.25) is 5.91 Å². The molecule has 1 fully saturated rings. The molecule has 4 heteroatoms. The van der Waals surface area contributed by atoms with Gasteiger partial charge in [0, 0.05) is 18.1 Å². The van der Waals surface area contributed by atoms with Crippen molar-refractivity contribution in [1.82, 2.24) is 10.2 Å². The molecule has 0 spiro atoms. The van der Waals surface area contributed by atoms with Crippen LogP contribution in [0.25, 0.3) is 0 Å². The first-order valence-electron chi connectivity index (χ1n) is 6.37. The third-order valence-corrected chi connectivity index (χ3v) is 3.72. The maximum absolute atomic E-state index is 12.0. The Hall–Kier alpha value is -1.08. The van der Waals surface area contributed by atoms with Crippen molar-refractivity contribution in [3.05, 3.63) is 0 Å². The van der Waals surface area contributed by atoms with E-state index < -0.39 is 0 Å². The van der Waals surface area contributed by atoms with Gasteiger partial charge in [-0.05, 0) is 33.6 Å². The van der Waals surface area contributed by atoms with Gasteiger partial charge in [0.05, 0.1) is 12.5 Å². The molecule has 0 aromatic heterocycles. The Bertz CT molecular complexity index is 319. The molecule has 1 saturated heterocycles. The van der Waals surface area contributed by atoms with Gasteiger partial charge in [-0.3, -0.25) is 9.69 Å². The molecule has 0 bridgehead atoms. The lowest BCUT2D eigenvalue weighted by molar-refractivity contribution is -0.128. The van der Waals surface area contributed by atoms with Crippen molar-refractivity contribution < 1.29 is 4.79 Å². The van der Waals surface area contributed by atoms with Gasteiger partial charge in [-0.25, -0.2) is 0 Å². The Labute approximate surface area is 104 Å². The van der Waals surface area contributed by atoms with Gasteiger partial charge in [0.15, 0.2) is 0 Å². The molecule has 1 rings (SSSR count). The maximum Gasteiger partial charge on any atom is 0.238 e. The first-order valence-corrected chi connectivity index (χ1v) is 6.37. The molecule has 1 aliphatic rings. The topological polar surface area (TPSA) is 56.1 Å². The number of hydrogen-bond acceptors (Lipinski definition) is 3. The van der Waals surface area contributed by atoms with Gasteiger partial charge < -0.3 is 5.32 Å². The van der Waals surface area contributed by atoms with E-state index in [1.54, 1.807) is 0 Å². The van der Waals surface area contributed by atoms with Crippen molar-refractivity contribution in [2.75, 3.05) is 6.54 Å². The van der Waals surface area contributed by atoms with E-state index in [9.17, 15) is 4.79 Å². The van der Waals surface area contributed by atoms with Crippen LogP contribution in [0.1, 0.15) is 47.0 Å². The lowest BCUT2D eigenvalue weighted by Crippen LogP contribution is -2.56. The molecule has 0 radical (unpaired) electrons. The zero-order valence-electron chi connectivity index (χ0n) is 11.3. The van der Waals surface area contributed by atoms with Crippen molar-refractivity contribution in [3.8, 4) is 6.07 Å². The van der Waals surface area contributed by atoms with Crippen molar-refractivity contribution in [3.63, 3.8) is 0 Å². The molecule has 2 atom stereocenters. The number of nitrogens with one attached hydrogen (secondary N) is 1. The lowest BCUT2D eigenvalue weighted by Gasteiger charge is -2.44. The fourth-order valence-corrected chi connectivity index (χ4v) is 2.66. The van der Waals surface area contributed by atoms with E-state index in [0.29, 0.717) is 12.6 Å². The molecule has 1 heterocycles. The van der Waals surface area contributed by atoms with Gasteiger partial charge >= 0.3 is 0 Å². The first-order chi connectivity index (χ1) is 7.94. The maximum atomic E-state index is 12.0. The van der Waals surface area contributed by atoms with E-state index in [4.69, 9.17) is 5.26 Å². The van der Waals surface area contributed by atoms with E-state index in [0.717, 1.165) is 12.8 Å². The molecule has 0 aliphatic carbocycles. The number of carbonyl (C=O) groups is 1. The third-order valence-electron chi connectivity index (χ3n) is 3.72. The van der Waals surface area contributed by atoms with Crippen LogP contribution in [0.15, 0.2) is 0 Å². The number of rotatable bonds is 3.